The summed E-state index contributed by atoms with van der Waals surface area (Å²) < 4.78 is 18.9. The van der Waals surface area contributed by atoms with Gasteiger partial charge in [-0.1, -0.05) is 19.1 Å². The van der Waals surface area contributed by atoms with E-state index in [1.165, 1.54) is 6.07 Å². The highest BCUT2D eigenvalue weighted by Gasteiger charge is 2.14. The molecular weight excluding hydrogens is 255 g/mol. The molecule has 20 heavy (non-hydrogen) atoms. The van der Waals surface area contributed by atoms with Gasteiger partial charge in [0.05, 0.1) is 18.8 Å². The van der Waals surface area contributed by atoms with Crippen LogP contribution in [0, 0.1) is 5.82 Å². The molecule has 3 nitrogen and oxygen atoms in total. The maximum absolute atomic E-state index is 13.4. The molecule has 1 atom stereocenters. The molecule has 1 N–H and O–H groups in total. The van der Waals surface area contributed by atoms with E-state index in [0.29, 0.717) is 6.61 Å². The molecule has 4 heteroatoms. The molecule has 0 saturated heterocycles. The van der Waals surface area contributed by atoms with E-state index in [0.717, 1.165) is 23.4 Å². The summed E-state index contributed by atoms with van der Waals surface area (Å²) in [6.07, 6.45) is 3.46. The van der Waals surface area contributed by atoms with Gasteiger partial charge in [-0.2, -0.15) is 0 Å². The Morgan fingerprint density at radius 1 is 1.20 bits per heavy atom. The number of benzene rings is 1. The molecule has 0 bridgehead atoms. The van der Waals surface area contributed by atoms with Crippen LogP contribution in [0.2, 0.25) is 0 Å². The van der Waals surface area contributed by atoms with Gasteiger partial charge < -0.3 is 10.1 Å². The van der Waals surface area contributed by atoms with Gasteiger partial charge in [0.25, 0.3) is 0 Å². The summed E-state index contributed by atoms with van der Waals surface area (Å²) in [7, 11) is 0. The predicted octanol–water partition coefficient (Wildman–Crippen LogP) is 3.32. The lowest BCUT2D eigenvalue weighted by Crippen LogP contribution is -2.22. The first-order chi connectivity index (χ1) is 9.74. The van der Waals surface area contributed by atoms with Crippen LogP contribution >= 0.6 is 0 Å². The second kappa shape index (κ2) is 7.01. The molecule has 0 radical (unpaired) electrons. The molecule has 0 aliphatic heterocycles. The van der Waals surface area contributed by atoms with Crippen LogP contribution < -0.4 is 10.1 Å². The third-order valence-corrected chi connectivity index (χ3v) is 2.97. The smallest absolute Gasteiger partial charge is 0.137 e. The van der Waals surface area contributed by atoms with Gasteiger partial charge in [-0.05, 0) is 42.8 Å². The summed E-state index contributed by atoms with van der Waals surface area (Å²) in [6, 6.07) is 8.46. The summed E-state index contributed by atoms with van der Waals surface area (Å²) in [6.45, 7) is 5.32. The van der Waals surface area contributed by atoms with Crippen LogP contribution in [0.5, 0.6) is 5.75 Å². The first kappa shape index (κ1) is 14.5. The van der Waals surface area contributed by atoms with Crippen molar-refractivity contribution in [3.63, 3.8) is 0 Å². The highest BCUT2D eigenvalue weighted by molar-refractivity contribution is 5.34. The number of nitrogens with one attached hydrogen (secondary N) is 1. The minimum absolute atomic E-state index is 0.0939. The molecule has 1 aromatic heterocycles. The Morgan fingerprint density at radius 2 is 2.05 bits per heavy atom. The molecular formula is C16H19FN2O. The number of rotatable bonds is 6. The average Bonchev–Trinajstić information content (AvgIpc) is 2.45. The van der Waals surface area contributed by atoms with Crippen molar-refractivity contribution in [3.05, 3.63) is 59.7 Å². The van der Waals surface area contributed by atoms with Crippen molar-refractivity contribution in [1.82, 2.24) is 10.3 Å². The fourth-order valence-corrected chi connectivity index (χ4v) is 2.16. The van der Waals surface area contributed by atoms with Crippen molar-refractivity contribution in [3.8, 4) is 5.75 Å². The average molecular weight is 274 g/mol. The maximum atomic E-state index is 13.4. The van der Waals surface area contributed by atoms with Crippen molar-refractivity contribution in [2.75, 3.05) is 13.2 Å². The minimum Gasteiger partial charge on any atom is -0.492 e. The topological polar surface area (TPSA) is 34.2 Å². The molecule has 1 heterocycles. The Hall–Kier alpha value is -1.94. The summed E-state index contributed by atoms with van der Waals surface area (Å²) in [5.41, 5.74) is 1.84. The largest absolute Gasteiger partial charge is 0.492 e. The molecule has 2 rings (SSSR count). The van der Waals surface area contributed by atoms with Crippen LogP contribution in [0.15, 0.2) is 42.7 Å². The zero-order chi connectivity index (χ0) is 14.4. The van der Waals surface area contributed by atoms with E-state index in [9.17, 15) is 4.39 Å². The third kappa shape index (κ3) is 3.54. The Balaban J connectivity index is 2.35. The molecule has 1 aromatic carbocycles. The van der Waals surface area contributed by atoms with Gasteiger partial charge in [0.2, 0.25) is 0 Å². The van der Waals surface area contributed by atoms with Crippen molar-refractivity contribution in [2.24, 2.45) is 0 Å². The number of halogens is 1. The van der Waals surface area contributed by atoms with Crippen LogP contribution in [0.4, 0.5) is 4.39 Å². The van der Waals surface area contributed by atoms with E-state index in [1.54, 1.807) is 24.5 Å². The van der Waals surface area contributed by atoms with Crippen LogP contribution in [-0.4, -0.2) is 18.1 Å². The fourth-order valence-electron chi connectivity index (χ4n) is 2.16. The minimum atomic E-state index is -0.237. The second-order valence-corrected chi connectivity index (χ2v) is 4.43. The highest BCUT2D eigenvalue weighted by Crippen LogP contribution is 2.24. The second-order valence-electron chi connectivity index (χ2n) is 4.43. The lowest BCUT2D eigenvalue weighted by molar-refractivity contribution is 0.338. The van der Waals surface area contributed by atoms with E-state index in [-0.39, 0.29) is 11.9 Å². The Morgan fingerprint density at radius 3 is 2.75 bits per heavy atom. The van der Waals surface area contributed by atoms with E-state index in [2.05, 4.69) is 10.3 Å². The molecule has 0 saturated carbocycles. The van der Waals surface area contributed by atoms with Crippen molar-refractivity contribution >= 4 is 0 Å². The number of hydrogen-bond acceptors (Lipinski definition) is 3. The molecule has 2 aromatic rings. The zero-order valence-electron chi connectivity index (χ0n) is 11.8. The fraction of sp³-hybridized carbons (Fsp3) is 0.312. The van der Waals surface area contributed by atoms with E-state index < -0.39 is 0 Å². The Bertz CT molecular complexity index is 560. The van der Waals surface area contributed by atoms with Crippen molar-refractivity contribution in [1.29, 1.82) is 0 Å². The molecule has 1 unspecified atom stereocenters. The quantitative estimate of drug-likeness (QED) is 0.877. The third-order valence-electron chi connectivity index (χ3n) is 2.97. The molecule has 0 fully saturated rings. The summed E-state index contributed by atoms with van der Waals surface area (Å²) in [5, 5.41) is 3.35. The number of pyridine rings is 1. The number of ether oxygens (including phenoxy) is 1. The zero-order valence-corrected chi connectivity index (χ0v) is 11.8. The Labute approximate surface area is 118 Å². The van der Waals surface area contributed by atoms with Gasteiger partial charge >= 0.3 is 0 Å². The lowest BCUT2D eigenvalue weighted by Gasteiger charge is -2.19. The molecule has 106 valence electrons. The molecule has 0 amide bonds. The lowest BCUT2D eigenvalue weighted by atomic mass is 10.00. The van der Waals surface area contributed by atoms with Crippen LogP contribution in [0.25, 0.3) is 0 Å². The predicted molar refractivity (Wildman–Crippen MR) is 77.3 cm³/mol. The van der Waals surface area contributed by atoms with Crippen molar-refractivity contribution in [2.45, 2.75) is 19.9 Å². The van der Waals surface area contributed by atoms with Crippen LogP contribution in [0.1, 0.15) is 31.0 Å². The van der Waals surface area contributed by atoms with E-state index in [1.807, 2.05) is 26.0 Å². The normalized spacial score (nSPS) is 12.2. The Kier molecular flexibility index (Phi) is 5.07. The maximum Gasteiger partial charge on any atom is 0.137 e. The standard InChI is InChI=1S/C16H19FN2O/c1-3-19-16(12-6-5-7-14(17)8-12)13-9-15(20-4-2)11-18-10-13/h5-11,16,19H,3-4H2,1-2H3. The SMILES string of the molecule is CCNC(c1cccc(F)c1)c1cncc(OCC)c1. The van der Waals surface area contributed by atoms with Crippen molar-refractivity contribution < 1.29 is 9.13 Å². The summed E-state index contributed by atoms with van der Waals surface area (Å²) in [4.78, 5) is 4.20. The van der Waals surface area contributed by atoms with Gasteiger partial charge in [-0.25, -0.2) is 4.39 Å². The van der Waals surface area contributed by atoms with E-state index >= 15 is 0 Å². The van der Waals surface area contributed by atoms with Crippen LogP contribution in [0.3, 0.4) is 0 Å². The van der Waals surface area contributed by atoms with Gasteiger partial charge in [0, 0.05) is 6.20 Å². The molecule has 0 spiro atoms. The number of nitrogens with zero attached hydrogens (tertiary/aromatic N) is 1. The van der Waals surface area contributed by atoms with E-state index in [4.69, 9.17) is 4.74 Å². The van der Waals surface area contributed by atoms with Gasteiger partial charge in [-0.15, -0.1) is 0 Å². The highest BCUT2D eigenvalue weighted by atomic mass is 19.1. The first-order valence-corrected chi connectivity index (χ1v) is 6.81. The summed E-state index contributed by atoms with van der Waals surface area (Å²) in [5.74, 6) is 0.489. The monoisotopic (exact) mass is 274 g/mol. The number of hydrogen-bond donors (Lipinski definition) is 1. The van der Waals surface area contributed by atoms with Gasteiger partial charge in [0.1, 0.15) is 11.6 Å². The first-order valence-electron chi connectivity index (χ1n) is 6.81. The van der Waals surface area contributed by atoms with Gasteiger partial charge in [0.15, 0.2) is 0 Å². The molecule has 0 aliphatic rings. The van der Waals surface area contributed by atoms with Gasteiger partial charge in [-0.3, -0.25) is 4.98 Å². The number of aromatic nitrogens is 1. The van der Waals surface area contributed by atoms with Crippen LogP contribution in [-0.2, 0) is 0 Å². The summed E-state index contributed by atoms with van der Waals surface area (Å²) >= 11 is 0. The molecule has 0 aliphatic carbocycles.